The molecule has 3 fully saturated rings. The van der Waals surface area contributed by atoms with Gasteiger partial charge in [0.2, 0.25) is 0 Å². The van der Waals surface area contributed by atoms with Crippen molar-refractivity contribution in [3.05, 3.63) is 23.8 Å². The number of rotatable bonds is 16. The zero-order chi connectivity index (χ0) is 28.0. The predicted octanol–water partition coefficient (Wildman–Crippen LogP) is 8.03. The largest absolute Gasteiger partial charge is 0.481 e. The lowest BCUT2D eigenvalue weighted by molar-refractivity contribution is -0.193. The van der Waals surface area contributed by atoms with Crippen LogP contribution in [0.25, 0.3) is 0 Å². The van der Waals surface area contributed by atoms with Crippen molar-refractivity contribution < 1.29 is 28.8 Å². The minimum atomic E-state index is -0.712. The number of carboxylic acid groups (broad SMARTS) is 1. The van der Waals surface area contributed by atoms with Gasteiger partial charge in [0, 0.05) is 30.9 Å². The van der Waals surface area contributed by atoms with Gasteiger partial charge in [0.25, 0.3) is 0 Å². The van der Waals surface area contributed by atoms with Gasteiger partial charge in [-0.1, -0.05) is 50.0 Å². The highest BCUT2D eigenvalue weighted by Gasteiger charge is 2.42. The third-order valence-corrected chi connectivity index (χ3v) is 8.92. The first kappa shape index (κ1) is 32.6. The third-order valence-electron chi connectivity index (χ3n) is 8.42. The molecule has 7 heteroatoms. The van der Waals surface area contributed by atoms with Crippen LogP contribution in [0.2, 0.25) is 0 Å². The van der Waals surface area contributed by atoms with Crippen LogP contribution in [0.3, 0.4) is 0 Å². The number of alkyl halides is 1. The Kier molecular flexibility index (Phi) is 14.9. The van der Waals surface area contributed by atoms with Crippen molar-refractivity contribution in [2.24, 2.45) is 17.8 Å². The van der Waals surface area contributed by atoms with E-state index in [1.165, 1.54) is 5.57 Å². The molecule has 0 aromatic carbocycles. The molecule has 3 aliphatic rings. The fourth-order valence-electron chi connectivity index (χ4n) is 6.04. The minimum absolute atomic E-state index is 0.0310. The standard InChI is InChI=1S/C32H53ClO6/c1-23(2)16-17-24(3)28(38-31-14-8-10-20-36-31)19-18-26-25(12-6-4-5-7-13-30(34)35)27(33)22-29(26)39-32-15-9-11-21-37-32/h16,18-19,24-29,31-32H,4-15,17,20-22H2,1-3H3,(H,34,35)/t24?,25-,26-,27-,28-,29-,31?,32?/m1/s1. The van der Waals surface area contributed by atoms with Crippen LogP contribution in [-0.4, -0.2) is 54.5 Å². The molecule has 1 N–H and O–H groups in total. The van der Waals surface area contributed by atoms with Crippen molar-refractivity contribution >= 4 is 17.6 Å². The molecule has 224 valence electrons. The van der Waals surface area contributed by atoms with Crippen LogP contribution in [0.4, 0.5) is 0 Å². The monoisotopic (exact) mass is 568 g/mol. The van der Waals surface area contributed by atoms with Crippen molar-refractivity contribution in [2.45, 2.75) is 141 Å². The Bertz CT molecular complexity index is 754. The van der Waals surface area contributed by atoms with E-state index in [9.17, 15) is 4.79 Å². The Hall–Kier alpha value is -0.920. The lowest BCUT2D eigenvalue weighted by Gasteiger charge is -2.31. The number of allylic oxidation sites excluding steroid dienone is 2. The SMILES string of the molecule is CC(C)=CCC(C)[C@@H](C=C[C@@H]1[C@@H](CCCCCCC(=O)O)[C@H](Cl)C[C@H]1OC1CCCCO1)OC1CCCCO1. The fraction of sp³-hybridized carbons (Fsp3) is 0.844. The van der Waals surface area contributed by atoms with E-state index in [-0.39, 0.29) is 42.5 Å². The highest BCUT2D eigenvalue weighted by Crippen LogP contribution is 2.43. The van der Waals surface area contributed by atoms with E-state index in [0.717, 1.165) is 96.7 Å². The summed E-state index contributed by atoms with van der Waals surface area (Å²) in [6.07, 6.45) is 19.8. The first-order valence-electron chi connectivity index (χ1n) is 15.5. The highest BCUT2D eigenvalue weighted by atomic mass is 35.5. The van der Waals surface area contributed by atoms with Gasteiger partial charge in [0.05, 0.1) is 12.2 Å². The van der Waals surface area contributed by atoms with Crippen LogP contribution >= 0.6 is 11.6 Å². The topological polar surface area (TPSA) is 74.2 Å². The maximum absolute atomic E-state index is 10.8. The van der Waals surface area contributed by atoms with Gasteiger partial charge in [-0.2, -0.15) is 0 Å². The molecule has 39 heavy (non-hydrogen) atoms. The lowest BCUT2D eigenvalue weighted by Crippen LogP contribution is -2.32. The van der Waals surface area contributed by atoms with Gasteiger partial charge in [-0.3, -0.25) is 4.79 Å². The first-order valence-corrected chi connectivity index (χ1v) is 16.0. The van der Waals surface area contributed by atoms with Crippen LogP contribution in [0.5, 0.6) is 0 Å². The van der Waals surface area contributed by atoms with Crippen LogP contribution in [0.1, 0.15) is 111 Å². The molecular weight excluding hydrogens is 516 g/mol. The quantitative estimate of drug-likeness (QED) is 0.115. The summed E-state index contributed by atoms with van der Waals surface area (Å²) in [4.78, 5) is 10.8. The van der Waals surface area contributed by atoms with Gasteiger partial charge in [-0.25, -0.2) is 0 Å². The average Bonchev–Trinajstić information content (AvgIpc) is 3.21. The summed E-state index contributed by atoms with van der Waals surface area (Å²) in [6, 6.07) is 0. The molecule has 8 atom stereocenters. The number of unbranched alkanes of at least 4 members (excludes halogenated alkanes) is 3. The molecule has 0 radical (unpaired) electrons. The summed E-state index contributed by atoms with van der Waals surface area (Å²) in [5.74, 6) is 0.126. The molecule has 0 aromatic rings. The van der Waals surface area contributed by atoms with Gasteiger partial charge < -0.3 is 24.1 Å². The summed E-state index contributed by atoms with van der Waals surface area (Å²) in [5, 5.41) is 8.96. The van der Waals surface area contributed by atoms with Crippen molar-refractivity contribution in [1.29, 1.82) is 0 Å². The van der Waals surface area contributed by atoms with Crippen molar-refractivity contribution in [3.63, 3.8) is 0 Å². The van der Waals surface area contributed by atoms with Crippen molar-refractivity contribution in [3.8, 4) is 0 Å². The first-order chi connectivity index (χ1) is 18.8. The second-order valence-electron chi connectivity index (χ2n) is 12.1. The smallest absolute Gasteiger partial charge is 0.303 e. The summed E-state index contributed by atoms with van der Waals surface area (Å²) >= 11 is 6.99. The molecule has 2 aliphatic heterocycles. The molecule has 6 nitrogen and oxygen atoms in total. The van der Waals surface area contributed by atoms with E-state index in [1.807, 2.05) is 0 Å². The number of aliphatic carboxylic acids is 1. The van der Waals surface area contributed by atoms with E-state index in [4.69, 9.17) is 35.7 Å². The normalized spacial score (nSPS) is 31.3. The van der Waals surface area contributed by atoms with E-state index in [1.54, 1.807) is 0 Å². The Morgan fingerprint density at radius 2 is 1.72 bits per heavy atom. The molecule has 2 saturated heterocycles. The highest BCUT2D eigenvalue weighted by molar-refractivity contribution is 6.21. The molecule has 0 amide bonds. The fourth-order valence-corrected chi connectivity index (χ4v) is 6.51. The number of halogens is 1. The Morgan fingerprint density at radius 3 is 2.36 bits per heavy atom. The zero-order valence-electron chi connectivity index (χ0n) is 24.5. The van der Waals surface area contributed by atoms with E-state index in [0.29, 0.717) is 11.8 Å². The second kappa shape index (κ2) is 17.8. The number of carbonyl (C=O) groups is 1. The van der Waals surface area contributed by atoms with E-state index in [2.05, 4.69) is 39.0 Å². The molecule has 1 saturated carbocycles. The van der Waals surface area contributed by atoms with Gasteiger partial charge in [-0.05, 0) is 89.9 Å². The third kappa shape index (κ3) is 11.8. The lowest BCUT2D eigenvalue weighted by atomic mass is 9.88. The predicted molar refractivity (Wildman–Crippen MR) is 156 cm³/mol. The molecular formula is C32H53ClO6. The van der Waals surface area contributed by atoms with Crippen LogP contribution in [0.15, 0.2) is 23.8 Å². The van der Waals surface area contributed by atoms with Crippen molar-refractivity contribution in [1.82, 2.24) is 0 Å². The summed E-state index contributed by atoms with van der Waals surface area (Å²) in [5.41, 5.74) is 1.32. The Morgan fingerprint density at radius 1 is 1.03 bits per heavy atom. The molecule has 0 bridgehead atoms. The molecule has 0 spiro atoms. The Labute approximate surface area is 241 Å². The molecule has 2 heterocycles. The number of ether oxygens (including phenoxy) is 4. The van der Waals surface area contributed by atoms with E-state index >= 15 is 0 Å². The van der Waals surface area contributed by atoms with E-state index < -0.39 is 5.97 Å². The van der Waals surface area contributed by atoms with Crippen molar-refractivity contribution in [2.75, 3.05) is 13.2 Å². The van der Waals surface area contributed by atoms with Gasteiger partial charge >= 0.3 is 5.97 Å². The maximum Gasteiger partial charge on any atom is 0.303 e. The summed E-state index contributed by atoms with van der Waals surface area (Å²) in [7, 11) is 0. The second-order valence-corrected chi connectivity index (χ2v) is 12.6. The van der Waals surface area contributed by atoms with Crippen LogP contribution in [0, 0.1) is 17.8 Å². The van der Waals surface area contributed by atoms with Gasteiger partial charge in [0.1, 0.15) is 0 Å². The zero-order valence-corrected chi connectivity index (χ0v) is 25.3. The number of carboxylic acids is 1. The molecule has 3 unspecified atom stereocenters. The van der Waals surface area contributed by atoms with Crippen LogP contribution < -0.4 is 0 Å². The van der Waals surface area contributed by atoms with Gasteiger partial charge in [-0.15, -0.1) is 11.6 Å². The maximum atomic E-state index is 10.8. The number of hydrogen-bond acceptors (Lipinski definition) is 5. The Balaban J connectivity index is 1.70. The van der Waals surface area contributed by atoms with Gasteiger partial charge in [0.15, 0.2) is 12.6 Å². The molecule has 1 aliphatic carbocycles. The van der Waals surface area contributed by atoms with Crippen LogP contribution in [-0.2, 0) is 23.7 Å². The minimum Gasteiger partial charge on any atom is -0.481 e. The number of hydrogen-bond donors (Lipinski definition) is 1. The summed E-state index contributed by atoms with van der Waals surface area (Å²) < 4.78 is 25.0. The average molecular weight is 569 g/mol. The molecule has 0 aromatic heterocycles. The summed E-state index contributed by atoms with van der Waals surface area (Å²) in [6.45, 7) is 8.08. The molecule has 3 rings (SSSR count).